The Hall–Kier alpha value is -3.67. The average molecular weight is 430 g/mol. The molecule has 2 amide bonds. The third-order valence-corrected chi connectivity index (χ3v) is 5.61. The van der Waals surface area contributed by atoms with Crippen LogP contribution in [0.2, 0.25) is 0 Å². The van der Waals surface area contributed by atoms with E-state index in [0.717, 1.165) is 11.1 Å². The van der Waals surface area contributed by atoms with Gasteiger partial charge in [0.2, 0.25) is 5.91 Å². The van der Waals surface area contributed by atoms with E-state index < -0.39 is 12.1 Å². The largest absolute Gasteiger partial charge is 0.449 e. The van der Waals surface area contributed by atoms with Gasteiger partial charge in [0, 0.05) is 24.0 Å². The van der Waals surface area contributed by atoms with Crippen LogP contribution in [0, 0.1) is 5.92 Å². The molecule has 1 atom stereocenters. The van der Waals surface area contributed by atoms with E-state index in [0.29, 0.717) is 12.1 Å². The monoisotopic (exact) mass is 429 g/mol. The van der Waals surface area contributed by atoms with Gasteiger partial charge in [-0.2, -0.15) is 0 Å². The maximum atomic E-state index is 12.8. The number of anilines is 1. The highest BCUT2D eigenvalue weighted by atomic mass is 16.5. The Bertz CT molecular complexity index is 1050. The first kappa shape index (κ1) is 21.6. The smallest absolute Gasteiger partial charge is 0.407 e. The molecule has 1 aromatic heterocycles. The first-order valence-corrected chi connectivity index (χ1v) is 10.9. The van der Waals surface area contributed by atoms with Gasteiger partial charge in [-0.05, 0) is 46.7 Å². The van der Waals surface area contributed by atoms with E-state index in [1.807, 2.05) is 38.1 Å². The van der Waals surface area contributed by atoms with Crippen LogP contribution in [-0.2, 0) is 9.53 Å². The summed E-state index contributed by atoms with van der Waals surface area (Å²) in [6.45, 7) is 4.22. The van der Waals surface area contributed by atoms with Crippen molar-refractivity contribution in [3.63, 3.8) is 0 Å². The molecule has 2 N–H and O–H groups in total. The summed E-state index contributed by atoms with van der Waals surface area (Å²) in [5.74, 6) is -0.0853. The zero-order valence-electron chi connectivity index (χ0n) is 18.2. The predicted octanol–water partition coefficient (Wildman–Crippen LogP) is 4.97. The van der Waals surface area contributed by atoms with Crippen LogP contribution in [0.3, 0.4) is 0 Å². The molecule has 4 rings (SSSR count). The Morgan fingerprint density at radius 2 is 1.53 bits per heavy atom. The van der Waals surface area contributed by atoms with Gasteiger partial charge >= 0.3 is 6.09 Å². The van der Waals surface area contributed by atoms with Crippen molar-refractivity contribution in [1.82, 2.24) is 10.3 Å². The second kappa shape index (κ2) is 9.64. The summed E-state index contributed by atoms with van der Waals surface area (Å²) < 4.78 is 5.61. The molecule has 1 aliphatic carbocycles. The summed E-state index contributed by atoms with van der Waals surface area (Å²) in [5, 5.41) is 5.58. The summed E-state index contributed by atoms with van der Waals surface area (Å²) >= 11 is 0. The lowest BCUT2D eigenvalue weighted by atomic mass is 9.98. The topological polar surface area (TPSA) is 80.3 Å². The summed E-state index contributed by atoms with van der Waals surface area (Å²) in [4.78, 5) is 29.4. The fraction of sp³-hybridized carbons (Fsp3) is 0.269. The molecule has 1 heterocycles. The molecule has 0 aliphatic heterocycles. The van der Waals surface area contributed by atoms with Crippen molar-refractivity contribution in [3.8, 4) is 11.1 Å². The number of alkyl carbamates (subject to hydrolysis) is 1. The number of ether oxygens (including phenoxy) is 1. The van der Waals surface area contributed by atoms with Gasteiger partial charge in [0.15, 0.2) is 0 Å². The zero-order chi connectivity index (χ0) is 22.5. The van der Waals surface area contributed by atoms with Gasteiger partial charge in [0.05, 0.1) is 0 Å². The van der Waals surface area contributed by atoms with Crippen LogP contribution in [-0.4, -0.2) is 29.6 Å². The number of aromatic nitrogens is 1. The summed E-state index contributed by atoms with van der Waals surface area (Å²) in [5.41, 5.74) is 5.28. The number of hydrogen-bond acceptors (Lipinski definition) is 4. The molecule has 32 heavy (non-hydrogen) atoms. The van der Waals surface area contributed by atoms with Crippen LogP contribution < -0.4 is 10.6 Å². The van der Waals surface area contributed by atoms with Crippen LogP contribution in [0.4, 0.5) is 10.5 Å². The van der Waals surface area contributed by atoms with Crippen LogP contribution >= 0.6 is 0 Å². The van der Waals surface area contributed by atoms with Crippen molar-refractivity contribution in [2.75, 3.05) is 11.9 Å². The standard InChI is InChI=1S/C26H27N3O3/c1-17(2)15-24(25(30)28-18-11-13-27-14-12-18)29-26(31)32-16-23-21-9-5-3-7-19(21)20-8-4-6-10-22(20)23/h3-14,17,23-24H,15-16H2,1-2H3,(H,29,31)(H,27,28,30)/t24-/m0/s1. The third kappa shape index (κ3) is 4.80. The van der Waals surface area contributed by atoms with E-state index in [1.54, 1.807) is 24.5 Å². The van der Waals surface area contributed by atoms with Crippen molar-refractivity contribution in [3.05, 3.63) is 84.2 Å². The first-order valence-electron chi connectivity index (χ1n) is 10.9. The lowest BCUT2D eigenvalue weighted by Crippen LogP contribution is -2.45. The molecule has 6 heteroatoms. The maximum absolute atomic E-state index is 12.8. The Kier molecular flexibility index (Phi) is 6.50. The second-order valence-electron chi connectivity index (χ2n) is 8.38. The lowest BCUT2D eigenvalue weighted by molar-refractivity contribution is -0.118. The Morgan fingerprint density at radius 3 is 2.12 bits per heavy atom. The number of benzene rings is 2. The number of fused-ring (bicyclic) bond motifs is 3. The molecule has 0 saturated carbocycles. The van der Waals surface area contributed by atoms with Crippen molar-refractivity contribution >= 4 is 17.7 Å². The Balaban J connectivity index is 1.42. The van der Waals surface area contributed by atoms with Gasteiger partial charge in [-0.25, -0.2) is 4.79 Å². The van der Waals surface area contributed by atoms with Crippen molar-refractivity contribution in [1.29, 1.82) is 0 Å². The minimum Gasteiger partial charge on any atom is -0.449 e. The first-order chi connectivity index (χ1) is 15.5. The molecule has 0 bridgehead atoms. The molecule has 0 radical (unpaired) electrons. The molecule has 0 unspecified atom stereocenters. The van der Waals surface area contributed by atoms with Crippen LogP contribution in [0.15, 0.2) is 73.1 Å². The van der Waals surface area contributed by atoms with E-state index in [1.165, 1.54) is 11.1 Å². The van der Waals surface area contributed by atoms with Gasteiger partial charge in [-0.3, -0.25) is 9.78 Å². The molecular formula is C26H27N3O3. The number of rotatable bonds is 7. The summed E-state index contributed by atoms with van der Waals surface area (Å²) in [6, 6.07) is 19.1. The van der Waals surface area contributed by atoms with E-state index in [2.05, 4.69) is 39.9 Å². The van der Waals surface area contributed by atoms with Gasteiger partial charge in [-0.1, -0.05) is 62.4 Å². The number of hydrogen-bond donors (Lipinski definition) is 2. The second-order valence-corrected chi connectivity index (χ2v) is 8.38. The highest BCUT2D eigenvalue weighted by Crippen LogP contribution is 2.44. The zero-order valence-corrected chi connectivity index (χ0v) is 18.2. The maximum Gasteiger partial charge on any atom is 0.407 e. The van der Waals surface area contributed by atoms with Crippen LogP contribution in [0.5, 0.6) is 0 Å². The third-order valence-electron chi connectivity index (χ3n) is 5.61. The molecule has 3 aromatic rings. The average Bonchev–Trinajstić information content (AvgIpc) is 3.11. The SMILES string of the molecule is CC(C)C[C@H](NC(=O)OCC1c2ccccc2-c2ccccc21)C(=O)Nc1ccncc1. The number of amides is 2. The minimum atomic E-state index is -0.696. The van der Waals surface area contributed by atoms with Crippen LogP contribution in [0.1, 0.15) is 37.3 Å². The Labute approximate surface area is 188 Å². The summed E-state index contributed by atoms with van der Waals surface area (Å²) in [7, 11) is 0. The normalized spacial score (nSPS) is 13.2. The number of carbonyl (C=O) groups is 2. The molecule has 0 spiro atoms. The highest BCUT2D eigenvalue weighted by Gasteiger charge is 2.30. The van der Waals surface area contributed by atoms with E-state index in [9.17, 15) is 9.59 Å². The predicted molar refractivity (Wildman–Crippen MR) is 124 cm³/mol. The quantitative estimate of drug-likeness (QED) is 0.555. The van der Waals surface area contributed by atoms with E-state index in [4.69, 9.17) is 4.74 Å². The fourth-order valence-corrected chi connectivity index (χ4v) is 4.15. The van der Waals surface area contributed by atoms with Crippen molar-refractivity contribution in [2.45, 2.75) is 32.2 Å². The molecule has 1 aliphatic rings. The fourth-order valence-electron chi connectivity index (χ4n) is 4.15. The lowest BCUT2D eigenvalue weighted by Gasteiger charge is -2.21. The van der Waals surface area contributed by atoms with Crippen molar-refractivity contribution in [2.24, 2.45) is 5.92 Å². The van der Waals surface area contributed by atoms with Gasteiger partial charge in [-0.15, -0.1) is 0 Å². The molecule has 6 nitrogen and oxygen atoms in total. The van der Waals surface area contributed by atoms with E-state index >= 15 is 0 Å². The number of pyridine rings is 1. The minimum absolute atomic E-state index is 0.0256. The molecule has 2 aromatic carbocycles. The summed E-state index contributed by atoms with van der Waals surface area (Å²) in [6.07, 6.45) is 3.11. The van der Waals surface area contributed by atoms with Crippen molar-refractivity contribution < 1.29 is 14.3 Å². The molecular weight excluding hydrogens is 402 g/mol. The van der Waals surface area contributed by atoms with Gasteiger partial charge in [0.25, 0.3) is 0 Å². The number of nitrogens with zero attached hydrogens (tertiary/aromatic N) is 1. The molecule has 164 valence electrons. The molecule has 0 saturated heterocycles. The van der Waals surface area contributed by atoms with Gasteiger partial charge in [0.1, 0.15) is 12.6 Å². The van der Waals surface area contributed by atoms with Crippen LogP contribution in [0.25, 0.3) is 11.1 Å². The molecule has 0 fully saturated rings. The number of nitrogens with one attached hydrogen (secondary N) is 2. The highest BCUT2D eigenvalue weighted by molar-refractivity contribution is 5.96. The van der Waals surface area contributed by atoms with Gasteiger partial charge < -0.3 is 15.4 Å². The number of carbonyl (C=O) groups excluding carboxylic acids is 2. The van der Waals surface area contributed by atoms with E-state index in [-0.39, 0.29) is 24.3 Å². The Morgan fingerprint density at radius 1 is 0.938 bits per heavy atom.